The molecule has 0 unspecified atom stereocenters. The molecule has 0 saturated carbocycles. The lowest BCUT2D eigenvalue weighted by Crippen LogP contribution is -2.51. The molecule has 2 aromatic carbocycles. The van der Waals surface area contributed by atoms with E-state index in [0.29, 0.717) is 31.6 Å². The quantitative estimate of drug-likeness (QED) is 0.788. The van der Waals surface area contributed by atoms with Crippen molar-refractivity contribution in [3.05, 3.63) is 65.2 Å². The summed E-state index contributed by atoms with van der Waals surface area (Å²) in [7, 11) is -1.99. The minimum absolute atomic E-state index is 0.192. The van der Waals surface area contributed by atoms with Gasteiger partial charge in [-0.15, -0.1) is 0 Å². The van der Waals surface area contributed by atoms with Gasteiger partial charge in [0, 0.05) is 38.7 Å². The molecule has 164 valence electrons. The van der Waals surface area contributed by atoms with Crippen molar-refractivity contribution >= 4 is 21.8 Å². The highest BCUT2D eigenvalue weighted by molar-refractivity contribution is 7.89. The first-order chi connectivity index (χ1) is 14.9. The molecular weight excluding hydrogens is 414 g/mol. The monoisotopic (exact) mass is 441 g/mol. The standard InChI is InChI=1S/C23H27N3O4S/c1-24-22(27)21-15-18-7-3-4-8-19(18)16-26(21)23(28)17-9-11-20(12-10-17)31(29,30)25-13-5-2-6-14-25/h3-4,7-12,21H,2,5-6,13-16H2,1H3,(H,24,27)/t21-/m0/s1. The lowest BCUT2D eigenvalue weighted by atomic mass is 9.93. The van der Waals surface area contributed by atoms with Gasteiger partial charge in [-0.25, -0.2) is 8.42 Å². The summed E-state index contributed by atoms with van der Waals surface area (Å²) < 4.78 is 27.2. The van der Waals surface area contributed by atoms with Crippen molar-refractivity contribution in [2.24, 2.45) is 0 Å². The minimum atomic E-state index is -3.55. The summed E-state index contributed by atoms with van der Waals surface area (Å²) in [6.45, 7) is 1.40. The van der Waals surface area contributed by atoms with Crippen LogP contribution in [0.3, 0.4) is 0 Å². The molecule has 0 aliphatic carbocycles. The molecule has 0 bridgehead atoms. The molecule has 2 heterocycles. The lowest BCUT2D eigenvalue weighted by Gasteiger charge is -2.36. The number of likely N-dealkylation sites (N-methyl/N-ethyl adjacent to an activating group) is 1. The molecule has 0 radical (unpaired) electrons. The average Bonchev–Trinajstić information content (AvgIpc) is 2.83. The third-order valence-electron chi connectivity index (χ3n) is 6.11. The Morgan fingerprint density at radius 2 is 1.58 bits per heavy atom. The summed E-state index contributed by atoms with van der Waals surface area (Å²) in [5, 5.41) is 2.65. The molecule has 1 fully saturated rings. The van der Waals surface area contributed by atoms with Crippen molar-refractivity contribution in [1.29, 1.82) is 0 Å². The highest BCUT2D eigenvalue weighted by atomic mass is 32.2. The number of nitrogens with one attached hydrogen (secondary N) is 1. The Hall–Kier alpha value is -2.71. The summed E-state index contributed by atoms with van der Waals surface area (Å²) in [6.07, 6.45) is 3.23. The van der Waals surface area contributed by atoms with Gasteiger partial charge in [-0.1, -0.05) is 30.7 Å². The summed E-state index contributed by atoms with van der Waals surface area (Å²) in [5.74, 6) is -0.503. The first kappa shape index (κ1) is 21.5. The zero-order chi connectivity index (χ0) is 22.0. The number of amides is 2. The topological polar surface area (TPSA) is 86.8 Å². The maximum Gasteiger partial charge on any atom is 0.254 e. The maximum atomic E-state index is 13.3. The molecule has 2 amide bonds. The molecule has 1 atom stereocenters. The molecule has 1 N–H and O–H groups in total. The predicted molar refractivity (Wildman–Crippen MR) is 117 cm³/mol. The van der Waals surface area contributed by atoms with Crippen LogP contribution in [0.2, 0.25) is 0 Å². The minimum Gasteiger partial charge on any atom is -0.357 e. The highest BCUT2D eigenvalue weighted by Crippen LogP contribution is 2.26. The third kappa shape index (κ3) is 4.22. The molecule has 0 aromatic heterocycles. The first-order valence-corrected chi connectivity index (χ1v) is 12.1. The molecule has 8 heteroatoms. The number of nitrogens with zero attached hydrogens (tertiary/aromatic N) is 2. The van der Waals surface area contributed by atoms with E-state index in [-0.39, 0.29) is 16.7 Å². The van der Waals surface area contributed by atoms with E-state index in [4.69, 9.17) is 0 Å². The number of carbonyl (C=O) groups is 2. The van der Waals surface area contributed by atoms with Crippen LogP contribution in [0.25, 0.3) is 0 Å². The van der Waals surface area contributed by atoms with Crippen LogP contribution in [0, 0.1) is 0 Å². The average molecular weight is 442 g/mol. The van der Waals surface area contributed by atoms with Crippen LogP contribution in [-0.4, -0.2) is 55.6 Å². The van der Waals surface area contributed by atoms with Crippen molar-refractivity contribution in [2.45, 2.75) is 43.2 Å². The Kier molecular flexibility index (Phi) is 6.11. The van der Waals surface area contributed by atoms with Crippen molar-refractivity contribution in [1.82, 2.24) is 14.5 Å². The smallest absolute Gasteiger partial charge is 0.254 e. The number of sulfonamides is 1. The van der Waals surface area contributed by atoms with Crippen molar-refractivity contribution < 1.29 is 18.0 Å². The van der Waals surface area contributed by atoms with E-state index >= 15 is 0 Å². The lowest BCUT2D eigenvalue weighted by molar-refractivity contribution is -0.125. The number of fused-ring (bicyclic) bond motifs is 1. The highest BCUT2D eigenvalue weighted by Gasteiger charge is 2.35. The molecule has 2 aliphatic heterocycles. The molecule has 1 saturated heterocycles. The first-order valence-electron chi connectivity index (χ1n) is 10.6. The fourth-order valence-corrected chi connectivity index (χ4v) is 5.84. The number of carbonyl (C=O) groups excluding carboxylic acids is 2. The van der Waals surface area contributed by atoms with E-state index in [9.17, 15) is 18.0 Å². The Balaban J connectivity index is 1.59. The van der Waals surface area contributed by atoms with Crippen LogP contribution in [-0.2, 0) is 27.8 Å². The number of piperidine rings is 1. The van der Waals surface area contributed by atoms with Crippen molar-refractivity contribution in [3.8, 4) is 0 Å². The third-order valence-corrected chi connectivity index (χ3v) is 8.03. The van der Waals surface area contributed by atoms with Gasteiger partial charge in [0.15, 0.2) is 0 Å². The van der Waals surface area contributed by atoms with Gasteiger partial charge in [0.2, 0.25) is 15.9 Å². The molecule has 4 rings (SSSR count). The van der Waals surface area contributed by atoms with E-state index in [1.165, 1.54) is 16.4 Å². The van der Waals surface area contributed by atoms with Crippen molar-refractivity contribution in [2.75, 3.05) is 20.1 Å². The van der Waals surface area contributed by atoms with E-state index < -0.39 is 16.1 Å². The van der Waals surface area contributed by atoms with Crippen LogP contribution in [0.1, 0.15) is 40.7 Å². The molecule has 7 nitrogen and oxygen atoms in total. The zero-order valence-corrected chi connectivity index (χ0v) is 18.4. The van der Waals surface area contributed by atoms with Gasteiger partial charge in [0.25, 0.3) is 5.91 Å². The SMILES string of the molecule is CNC(=O)[C@@H]1Cc2ccccc2CN1C(=O)c1ccc(S(=O)(=O)N2CCCCC2)cc1. The second-order valence-corrected chi connectivity index (χ2v) is 9.96. The summed E-state index contributed by atoms with van der Waals surface area (Å²) in [5.41, 5.74) is 2.44. The Morgan fingerprint density at radius 3 is 2.23 bits per heavy atom. The van der Waals surface area contributed by atoms with Gasteiger partial charge < -0.3 is 10.2 Å². The van der Waals surface area contributed by atoms with Crippen LogP contribution in [0.5, 0.6) is 0 Å². The molecule has 31 heavy (non-hydrogen) atoms. The van der Waals surface area contributed by atoms with Gasteiger partial charge >= 0.3 is 0 Å². The maximum absolute atomic E-state index is 13.3. The van der Waals surface area contributed by atoms with E-state index in [1.54, 1.807) is 24.1 Å². The summed E-state index contributed by atoms with van der Waals surface area (Å²) in [6, 6.07) is 13.2. The van der Waals surface area contributed by atoms with Gasteiger partial charge in [-0.05, 0) is 48.2 Å². The molecular formula is C23H27N3O4S. The Labute approximate surface area is 183 Å². The number of hydrogen-bond donors (Lipinski definition) is 1. The van der Waals surface area contributed by atoms with Gasteiger partial charge in [0.1, 0.15) is 6.04 Å². The van der Waals surface area contributed by atoms with E-state index in [0.717, 1.165) is 30.4 Å². The number of hydrogen-bond acceptors (Lipinski definition) is 4. The van der Waals surface area contributed by atoms with E-state index in [2.05, 4.69) is 5.32 Å². The van der Waals surface area contributed by atoms with Crippen LogP contribution < -0.4 is 5.32 Å². The van der Waals surface area contributed by atoms with Gasteiger partial charge in [-0.2, -0.15) is 4.31 Å². The molecule has 2 aliphatic rings. The fraction of sp³-hybridized carbons (Fsp3) is 0.391. The predicted octanol–water partition coefficient (Wildman–Crippen LogP) is 2.17. The Bertz CT molecular complexity index is 1080. The van der Waals surface area contributed by atoms with Gasteiger partial charge in [0.05, 0.1) is 4.90 Å². The largest absolute Gasteiger partial charge is 0.357 e. The molecule has 2 aromatic rings. The second-order valence-electron chi connectivity index (χ2n) is 8.03. The second kappa shape index (κ2) is 8.80. The summed E-state index contributed by atoms with van der Waals surface area (Å²) >= 11 is 0. The summed E-state index contributed by atoms with van der Waals surface area (Å²) in [4.78, 5) is 27.5. The van der Waals surface area contributed by atoms with E-state index in [1.807, 2.05) is 24.3 Å². The Morgan fingerprint density at radius 1 is 0.935 bits per heavy atom. The number of rotatable bonds is 4. The van der Waals surface area contributed by atoms with Crippen molar-refractivity contribution in [3.63, 3.8) is 0 Å². The molecule has 0 spiro atoms. The normalized spacial score (nSPS) is 19.5. The van der Waals surface area contributed by atoms with Crippen LogP contribution >= 0.6 is 0 Å². The number of benzene rings is 2. The van der Waals surface area contributed by atoms with Crippen LogP contribution in [0.4, 0.5) is 0 Å². The van der Waals surface area contributed by atoms with Gasteiger partial charge in [-0.3, -0.25) is 9.59 Å². The zero-order valence-electron chi connectivity index (χ0n) is 17.6. The fourth-order valence-electron chi connectivity index (χ4n) is 4.33. The van der Waals surface area contributed by atoms with Crippen LogP contribution in [0.15, 0.2) is 53.4 Å².